The molecule has 0 heterocycles. The van der Waals surface area contributed by atoms with E-state index in [1.54, 1.807) is 21.1 Å². The molecule has 0 radical (unpaired) electrons. The van der Waals surface area contributed by atoms with E-state index in [0.29, 0.717) is 12.8 Å². The van der Waals surface area contributed by atoms with Gasteiger partial charge in [-0.2, -0.15) is 0 Å². The second-order valence-electron chi connectivity index (χ2n) is 14.9. The number of carbonyl (C=O) groups is 3. The molecule has 0 aliphatic carbocycles. The normalized spacial score (nSPS) is 13.6. The molecule has 0 N–H and O–H groups in total. The number of hydrogen-bond donors (Lipinski definition) is 0. The SMILES string of the molecule is CC/C=C/C=C/C=C/CCCCCCCCCC(=O)OC(COCCC(C(=O)[O-])[N+](C)(C)C)COC(=O)CCCCCCCCC/C=C/C/C=C/CC. The van der Waals surface area contributed by atoms with Gasteiger partial charge < -0.3 is 28.6 Å². The predicted octanol–water partition coefficient (Wildman–Crippen LogP) is 9.69. The first-order chi connectivity index (χ1) is 25.6. The van der Waals surface area contributed by atoms with Crippen LogP contribution in [0.1, 0.15) is 155 Å². The van der Waals surface area contributed by atoms with E-state index in [2.05, 4.69) is 74.6 Å². The standard InChI is InChI=1S/C45H77NO7/c1-6-8-10-12-14-16-18-20-22-24-26-28-30-32-34-36-44(48)53-41(39-51-38-37-42(45(49)50)46(3,4)5)40-52-43(47)35-33-31-29-27-25-23-21-19-17-15-13-11-9-7-2/h8-12,14-18,41-42H,6-7,13,19-40H2,1-5H3/b10-8+,11-9+,14-12+,17-15+,18-16+. The largest absolute Gasteiger partial charge is 0.544 e. The number of esters is 2. The van der Waals surface area contributed by atoms with Crippen LogP contribution in [0.2, 0.25) is 0 Å². The number of allylic oxidation sites excluding steroid dienone is 10. The number of carboxylic acid groups (broad SMARTS) is 1. The Morgan fingerprint density at radius 3 is 1.66 bits per heavy atom. The van der Waals surface area contributed by atoms with Crippen molar-refractivity contribution in [3.05, 3.63) is 60.8 Å². The van der Waals surface area contributed by atoms with Gasteiger partial charge >= 0.3 is 11.9 Å². The van der Waals surface area contributed by atoms with E-state index in [9.17, 15) is 19.5 Å². The van der Waals surface area contributed by atoms with E-state index >= 15 is 0 Å². The molecule has 53 heavy (non-hydrogen) atoms. The lowest BCUT2D eigenvalue weighted by Gasteiger charge is -2.34. The number of unbranched alkanes of at least 4 members (excludes halogenated alkanes) is 14. The Hall–Kier alpha value is -2.97. The van der Waals surface area contributed by atoms with Crippen LogP contribution >= 0.6 is 0 Å². The molecule has 2 atom stereocenters. The van der Waals surface area contributed by atoms with Crippen LogP contribution in [-0.4, -0.2) is 75.5 Å². The highest BCUT2D eigenvalue weighted by molar-refractivity contribution is 5.70. The van der Waals surface area contributed by atoms with Gasteiger partial charge in [-0.1, -0.05) is 139 Å². The van der Waals surface area contributed by atoms with Gasteiger partial charge in [0, 0.05) is 19.3 Å². The van der Waals surface area contributed by atoms with Crippen molar-refractivity contribution in [3.63, 3.8) is 0 Å². The van der Waals surface area contributed by atoms with Gasteiger partial charge in [0.25, 0.3) is 0 Å². The number of ether oxygens (including phenoxy) is 3. The van der Waals surface area contributed by atoms with Crippen molar-refractivity contribution in [2.24, 2.45) is 0 Å². The topological polar surface area (TPSA) is 102 Å². The molecule has 0 spiro atoms. The Balaban J connectivity index is 4.41. The summed E-state index contributed by atoms with van der Waals surface area (Å²) in [6.07, 6.45) is 42.4. The van der Waals surface area contributed by atoms with Crippen LogP contribution in [0.5, 0.6) is 0 Å². The molecule has 8 heteroatoms. The van der Waals surface area contributed by atoms with Gasteiger partial charge in [-0.3, -0.25) is 9.59 Å². The fourth-order valence-corrected chi connectivity index (χ4v) is 5.75. The average Bonchev–Trinajstić information content (AvgIpc) is 3.11. The van der Waals surface area contributed by atoms with E-state index in [4.69, 9.17) is 14.2 Å². The van der Waals surface area contributed by atoms with Crippen molar-refractivity contribution in [3.8, 4) is 0 Å². The molecule has 2 unspecified atom stereocenters. The molecule has 0 aliphatic heterocycles. The number of carbonyl (C=O) groups excluding carboxylic acids is 3. The summed E-state index contributed by atoms with van der Waals surface area (Å²) in [5.74, 6) is -1.77. The third-order valence-electron chi connectivity index (χ3n) is 8.96. The van der Waals surface area contributed by atoms with Crippen LogP contribution in [0.25, 0.3) is 0 Å². The minimum atomic E-state index is -1.13. The fraction of sp³-hybridized carbons (Fsp3) is 0.711. The molecule has 0 amide bonds. The maximum Gasteiger partial charge on any atom is 0.306 e. The summed E-state index contributed by atoms with van der Waals surface area (Å²) in [5, 5.41) is 11.6. The van der Waals surface area contributed by atoms with E-state index < -0.39 is 18.1 Å². The van der Waals surface area contributed by atoms with E-state index in [-0.39, 0.29) is 42.7 Å². The first kappa shape index (κ1) is 50.0. The third kappa shape index (κ3) is 34.5. The second-order valence-corrected chi connectivity index (χ2v) is 14.9. The van der Waals surface area contributed by atoms with Crippen molar-refractivity contribution in [2.45, 2.75) is 167 Å². The summed E-state index contributed by atoms with van der Waals surface area (Å²) in [7, 11) is 5.39. The zero-order chi connectivity index (χ0) is 39.3. The predicted molar refractivity (Wildman–Crippen MR) is 217 cm³/mol. The summed E-state index contributed by atoms with van der Waals surface area (Å²) in [6.45, 7) is 4.39. The number of carboxylic acids is 1. The monoisotopic (exact) mass is 744 g/mol. The van der Waals surface area contributed by atoms with Crippen LogP contribution in [0.3, 0.4) is 0 Å². The van der Waals surface area contributed by atoms with Gasteiger partial charge in [-0.05, 0) is 57.8 Å². The molecule has 0 fully saturated rings. The zero-order valence-electron chi connectivity index (χ0n) is 34.4. The third-order valence-corrected chi connectivity index (χ3v) is 8.96. The van der Waals surface area contributed by atoms with Crippen molar-refractivity contribution >= 4 is 17.9 Å². The molecule has 0 rings (SSSR count). The van der Waals surface area contributed by atoms with Gasteiger partial charge in [0.15, 0.2) is 6.10 Å². The number of likely N-dealkylation sites (N-methyl/N-ethyl adjacent to an activating group) is 1. The maximum absolute atomic E-state index is 12.7. The van der Waals surface area contributed by atoms with Crippen LogP contribution in [0.15, 0.2) is 60.8 Å². The Kier molecular flexibility index (Phi) is 34.0. The molecule has 0 aromatic rings. The minimum Gasteiger partial charge on any atom is -0.544 e. The van der Waals surface area contributed by atoms with Gasteiger partial charge in [0.1, 0.15) is 12.6 Å². The smallest absolute Gasteiger partial charge is 0.306 e. The van der Waals surface area contributed by atoms with Gasteiger partial charge in [0.05, 0.1) is 40.3 Å². The molecule has 0 aromatic heterocycles. The molecule has 0 aromatic carbocycles. The summed E-state index contributed by atoms with van der Waals surface area (Å²) in [4.78, 5) is 36.8. The zero-order valence-corrected chi connectivity index (χ0v) is 34.4. The highest BCUT2D eigenvalue weighted by Gasteiger charge is 2.25. The Labute approximate surface area is 324 Å². The second kappa shape index (κ2) is 36.0. The quantitative estimate of drug-likeness (QED) is 0.0207. The molecular weight excluding hydrogens is 666 g/mol. The summed E-state index contributed by atoms with van der Waals surface area (Å²) in [6, 6.07) is -0.730. The molecule has 8 nitrogen and oxygen atoms in total. The number of quaternary nitrogens is 1. The van der Waals surface area contributed by atoms with E-state index in [1.807, 2.05) is 0 Å². The van der Waals surface area contributed by atoms with Crippen molar-refractivity contribution in [2.75, 3.05) is 41.0 Å². The molecule has 0 saturated carbocycles. The van der Waals surface area contributed by atoms with Gasteiger partial charge in [-0.25, -0.2) is 0 Å². The number of rotatable bonds is 36. The van der Waals surface area contributed by atoms with Crippen LogP contribution in [0, 0.1) is 0 Å². The summed E-state index contributed by atoms with van der Waals surface area (Å²) < 4.78 is 17.1. The average molecular weight is 744 g/mol. The van der Waals surface area contributed by atoms with Crippen LogP contribution in [0.4, 0.5) is 0 Å². The number of aliphatic carboxylic acids is 1. The Morgan fingerprint density at radius 1 is 0.585 bits per heavy atom. The molecule has 0 bridgehead atoms. The minimum absolute atomic E-state index is 0.0308. The highest BCUT2D eigenvalue weighted by Crippen LogP contribution is 2.13. The lowest BCUT2D eigenvalue weighted by molar-refractivity contribution is -0.889. The van der Waals surface area contributed by atoms with Crippen LogP contribution in [-0.2, 0) is 28.6 Å². The summed E-state index contributed by atoms with van der Waals surface area (Å²) >= 11 is 0. The van der Waals surface area contributed by atoms with E-state index in [1.165, 1.54) is 44.9 Å². The Morgan fingerprint density at radius 2 is 1.09 bits per heavy atom. The lowest BCUT2D eigenvalue weighted by Crippen LogP contribution is -2.55. The number of hydrogen-bond acceptors (Lipinski definition) is 7. The highest BCUT2D eigenvalue weighted by atomic mass is 16.6. The van der Waals surface area contributed by atoms with Crippen molar-refractivity contribution in [1.82, 2.24) is 0 Å². The van der Waals surface area contributed by atoms with Gasteiger partial charge in [-0.15, -0.1) is 0 Å². The van der Waals surface area contributed by atoms with Gasteiger partial charge in [0.2, 0.25) is 0 Å². The first-order valence-corrected chi connectivity index (χ1v) is 20.8. The molecule has 0 saturated heterocycles. The molecule has 0 aliphatic rings. The molecule has 304 valence electrons. The Bertz CT molecular complexity index is 1050. The van der Waals surface area contributed by atoms with Crippen LogP contribution < -0.4 is 5.11 Å². The number of nitrogens with zero attached hydrogens (tertiary/aromatic N) is 1. The maximum atomic E-state index is 12.7. The fourth-order valence-electron chi connectivity index (χ4n) is 5.75. The van der Waals surface area contributed by atoms with Crippen molar-refractivity contribution in [1.29, 1.82) is 0 Å². The molecular formula is C45H77NO7. The lowest BCUT2D eigenvalue weighted by atomic mass is 10.1. The van der Waals surface area contributed by atoms with Crippen molar-refractivity contribution < 1.29 is 38.2 Å². The summed E-state index contributed by atoms with van der Waals surface area (Å²) in [5.41, 5.74) is 0. The first-order valence-electron chi connectivity index (χ1n) is 20.8. The van der Waals surface area contributed by atoms with E-state index in [0.717, 1.165) is 77.0 Å².